The molecule has 0 N–H and O–H groups in total. The van der Waals surface area contributed by atoms with Gasteiger partial charge in [-0.2, -0.15) is 0 Å². The summed E-state index contributed by atoms with van der Waals surface area (Å²) in [5, 5.41) is 0.557. The average molecular weight is 479 g/mol. The van der Waals surface area contributed by atoms with Crippen molar-refractivity contribution in [2.24, 2.45) is 4.99 Å². The molecule has 3 nitrogen and oxygen atoms in total. The Morgan fingerprint density at radius 1 is 1.08 bits per heavy atom. The van der Waals surface area contributed by atoms with Crippen LogP contribution in [0.2, 0.25) is 5.02 Å². The topological polar surface area (TPSA) is 26.5 Å². The molecular formula is C21H20ClIN2O. The fraction of sp³-hybridized carbons (Fsp3) is 0.190. The molecule has 0 bridgehead atoms. The van der Waals surface area contributed by atoms with Crippen molar-refractivity contribution in [3.63, 3.8) is 0 Å². The zero-order chi connectivity index (χ0) is 18.8. The van der Waals surface area contributed by atoms with Crippen LogP contribution in [0.4, 0.5) is 5.69 Å². The zero-order valence-electron chi connectivity index (χ0n) is 15.2. The minimum atomic E-state index is 0.557. The number of methoxy groups -OCH3 is 1. The molecule has 0 aliphatic carbocycles. The number of rotatable bonds is 4. The molecule has 0 saturated carbocycles. The second-order valence-corrected chi connectivity index (χ2v) is 7.74. The van der Waals surface area contributed by atoms with Crippen LogP contribution in [0.25, 0.3) is 5.69 Å². The van der Waals surface area contributed by atoms with Gasteiger partial charge in [-0.05, 0) is 91.4 Å². The lowest BCUT2D eigenvalue weighted by Crippen LogP contribution is -2.00. The minimum Gasteiger partial charge on any atom is -0.495 e. The van der Waals surface area contributed by atoms with Crippen LogP contribution >= 0.6 is 34.2 Å². The molecule has 0 fully saturated rings. The molecule has 0 amide bonds. The van der Waals surface area contributed by atoms with Crippen molar-refractivity contribution < 1.29 is 4.74 Å². The third-order valence-corrected chi connectivity index (χ3v) is 5.86. The maximum absolute atomic E-state index is 6.18. The SMILES string of the molecule is COc1ccc(N=Cc2cc(C)n(-c3ccc(I)c(C)c3)c2C)cc1Cl. The maximum atomic E-state index is 6.18. The highest BCUT2D eigenvalue weighted by atomic mass is 127. The average Bonchev–Trinajstić information content (AvgIpc) is 2.89. The van der Waals surface area contributed by atoms with E-state index in [0.717, 1.165) is 16.9 Å². The summed E-state index contributed by atoms with van der Waals surface area (Å²) >= 11 is 8.54. The van der Waals surface area contributed by atoms with E-state index in [1.54, 1.807) is 13.2 Å². The number of hydrogen-bond acceptors (Lipinski definition) is 2. The smallest absolute Gasteiger partial charge is 0.137 e. The Kier molecular flexibility index (Phi) is 5.73. The normalized spacial score (nSPS) is 11.3. The molecule has 0 saturated heterocycles. The van der Waals surface area contributed by atoms with Crippen molar-refractivity contribution in [3.05, 3.63) is 73.6 Å². The molecule has 0 aliphatic rings. The molecule has 0 atom stereocenters. The summed E-state index contributed by atoms with van der Waals surface area (Å²) in [6.45, 7) is 6.36. The van der Waals surface area contributed by atoms with Crippen LogP contribution in [0.15, 0.2) is 47.5 Å². The first-order chi connectivity index (χ1) is 12.4. The molecule has 3 aromatic rings. The minimum absolute atomic E-state index is 0.557. The number of benzene rings is 2. The van der Waals surface area contributed by atoms with Crippen LogP contribution in [0, 0.1) is 24.3 Å². The van der Waals surface area contributed by atoms with Gasteiger partial charge in [-0.3, -0.25) is 4.99 Å². The summed E-state index contributed by atoms with van der Waals surface area (Å²) in [4.78, 5) is 4.57. The Morgan fingerprint density at radius 3 is 2.50 bits per heavy atom. The van der Waals surface area contributed by atoms with Gasteiger partial charge in [-0.15, -0.1) is 0 Å². The third kappa shape index (κ3) is 3.81. The van der Waals surface area contributed by atoms with E-state index in [1.807, 2.05) is 18.3 Å². The van der Waals surface area contributed by atoms with E-state index < -0.39 is 0 Å². The van der Waals surface area contributed by atoms with E-state index in [-0.39, 0.29) is 0 Å². The predicted molar refractivity (Wildman–Crippen MR) is 118 cm³/mol. The molecule has 134 valence electrons. The summed E-state index contributed by atoms with van der Waals surface area (Å²) in [6.07, 6.45) is 1.89. The number of hydrogen-bond donors (Lipinski definition) is 0. The van der Waals surface area contributed by atoms with E-state index >= 15 is 0 Å². The zero-order valence-corrected chi connectivity index (χ0v) is 18.1. The number of aromatic nitrogens is 1. The van der Waals surface area contributed by atoms with Crippen molar-refractivity contribution in [2.45, 2.75) is 20.8 Å². The maximum Gasteiger partial charge on any atom is 0.137 e. The summed E-state index contributed by atoms with van der Waals surface area (Å²) in [5.74, 6) is 0.651. The molecule has 5 heteroatoms. The van der Waals surface area contributed by atoms with Gasteiger partial charge in [0.25, 0.3) is 0 Å². The van der Waals surface area contributed by atoms with E-state index in [1.165, 1.54) is 20.5 Å². The third-order valence-electron chi connectivity index (χ3n) is 4.36. The van der Waals surface area contributed by atoms with Crippen LogP contribution in [0.1, 0.15) is 22.5 Å². The standard InChI is InChI=1S/C21H20ClIN2O/c1-13-9-18(6-7-20(13)23)25-14(2)10-16(15(25)3)12-24-17-5-8-21(26-4)19(22)11-17/h5-12H,1-4H3. The predicted octanol–water partition coefficient (Wildman–Crippen LogP) is 6.42. The Labute approximate surface area is 172 Å². The monoisotopic (exact) mass is 478 g/mol. The van der Waals surface area contributed by atoms with Crippen LogP contribution in [-0.2, 0) is 0 Å². The van der Waals surface area contributed by atoms with E-state index in [2.05, 4.69) is 77.2 Å². The highest BCUT2D eigenvalue weighted by Gasteiger charge is 2.10. The van der Waals surface area contributed by atoms with Crippen molar-refractivity contribution in [1.29, 1.82) is 0 Å². The van der Waals surface area contributed by atoms with Crippen LogP contribution < -0.4 is 4.74 Å². The van der Waals surface area contributed by atoms with Crippen molar-refractivity contribution in [2.75, 3.05) is 7.11 Å². The summed E-state index contributed by atoms with van der Waals surface area (Å²) in [5.41, 5.74) is 6.67. The number of nitrogens with zero attached hydrogens (tertiary/aromatic N) is 2. The number of aliphatic imine (C=N–C) groups is 1. The van der Waals surface area contributed by atoms with Crippen molar-refractivity contribution in [3.8, 4) is 11.4 Å². The second-order valence-electron chi connectivity index (χ2n) is 6.17. The molecule has 2 aromatic carbocycles. The lowest BCUT2D eigenvalue weighted by Gasteiger charge is -2.11. The lowest BCUT2D eigenvalue weighted by molar-refractivity contribution is 0.415. The Bertz CT molecular complexity index is 992. The van der Waals surface area contributed by atoms with Gasteiger partial charge in [-0.1, -0.05) is 11.6 Å². The largest absolute Gasteiger partial charge is 0.495 e. The van der Waals surface area contributed by atoms with Gasteiger partial charge in [-0.25, -0.2) is 0 Å². The van der Waals surface area contributed by atoms with Gasteiger partial charge in [0.15, 0.2) is 0 Å². The van der Waals surface area contributed by atoms with E-state index in [9.17, 15) is 0 Å². The first-order valence-electron chi connectivity index (χ1n) is 8.24. The Balaban J connectivity index is 1.95. The van der Waals surface area contributed by atoms with Gasteiger partial charge in [0, 0.05) is 32.4 Å². The molecule has 0 unspecified atom stereocenters. The van der Waals surface area contributed by atoms with Gasteiger partial charge in [0.2, 0.25) is 0 Å². The first kappa shape index (κ1) is 19.0. The molecule has 0 aliphatic heterocycles. The highest BCUT2D eigenvalue weighted by molar-refractivity contribution is 14.1. The van der Waals surface area contributed by atoms with Crippen LogP contribution in [-0.4, -0.2) is 17.9 Å². The number of ether oxygens (including phenoxy) is 1. The van der Waals surface area contributed by atoms with E-state index in [4.69, 9.17) is 16.3 Å². The lowest BCUT2D eigenvalue weighted by atomic mass is 10.2. The number of halogens is 2. The van der Waals surface area contributed by atoms with Gasteiger partial charge in [0.1, 0.15) is 5.75 Å². The first-order valence-corrected chi connectivity index (χ1v) is 9.69. The quantitative estimate of drug-likeness (QED) is 0.314. The van der Waals surface area contributed by atoms with Crippen LogP contribution in [0.5, 0.6) is 5.75 Å². The molecule has 26 heavy (non-hydrogen) atoms. The summed E-state index contributed by atoms with van der Waals surface area (Å²) < 4.78 is 8.71. The Morgan fingerprint density at radius 2 is 1.85 bits per heavy atom. The summed E-state index contributed by atoms with van der Waals surface area (Å²) in [7, 11) is 1.60. The van der Waals surface area contributed by atoms with Crippen molar-refractivity contribution in [1.82, 2.24) is 4.57 Å². The number of aryl methyl sites for hydroxylation is 2. The van der Waals surface area contributed by atoms with Crippen LogP contribution in [0.3, 0.4) is 0 Å². The van der Waals surface area contributed by atoms with Gasteiger partial charge < -0.3 is 9.30 Å². The second kappa shape index (κ2) is 7.84. The molecular weight excluding hydrogens is 459 g/mol. The fourth-order valence-corrected chi connectivity index (χ4v) is 3.55. The Hall–Kier alpha value is -1.79. The molecule has 0 radical (unpaired) electrons. The fourth-order valence-electron chi connectivity index (χ4n) is 2.96. The van der Waals surface area contributed by atoms with Gasteiger partial charge >= 0.3 is 0 Å². The summed E-state index contributed by atoms with van der Waals surface area (Å²) in [6, 6.07) is 14.2. The van der Waals surface area contributed by atoms with Crippen molar-refractivity contribution >= 4 is 46.1 Å². The van der Waals surface area contributed by atoms with E-state index in [0.29, 0.717) is 10.8 Å². The molecule has 0 spiro atoms. The molecule has 1 aromatic heterocycles. The molecule has 3 rings (SSSR count). The van der Waals surface area contributed by atoms with Gasteiger partial charge in [0.05, 0.1) is 17.8 Å². The highest BCUT2D eigenvalue weighted by Crippen LogP contribution is 2.29. The molecule has 1 heterocycles.